The van der Waals surface area contributed by atoms with Gasteiger partial charge in [-0.25, -0.2) is 16.8 Å². The number of para-hydroxylation sites is 1. The largest absolute Gasteiger partial charge is 0.369 e. The Hall–Kier alpha value is -1.69. The summed E-state index contributed by atoms with van der Waals surface area (Å²) >= 11 is 0. The molecule has 11 heteroatoms. The number of hydrogen-bond acceptors (Lipinski definition) is 7. The number of sulfonamides is 1. The van der Waals surface area contributed by atoms with Crippen molar-refractivity contribution in [2.45, 2.75) is 58.5 Å². The SMILES string of the molecule is Cc1ccccc1N1CCN(S(=O)(=O)C[C@]23CC[C@H](C[C@H]2NC(=O)[C@@H](N)CCS(C)(=O)=O)C3(C)C)CC1. The van der Waals surface area contributed by atoms with Gasteiger partial charge < -0.3 is 16.0 Å². The van der Waals surface area contributed by atoms with Crippen molar-refractivity contribution in [1.29, 1.82) is 0 Å². The minimum absolute atomic E-state index is 0.00259. The highest BCUT2D eigenvalue weighted by Gasteiger charge is 2.65. The number of hydrogen-bond donors (Lipinski definition) is 2. The molecule has 0 spiro atoms. The number of sulfone groups is 1. The number of carbonyl (C=O) groups excluding carboxylic acids is 1. The van der Waals surface area contributed by atoms with Crippen LogP contribution in [0.25, 0.3) is 0 Å². The van der Waals surface area contributed by atoms with Gasteiger partial charge in [0.2, 0.25) is 15.9 Å². The molecule has 0 aromatic heterocycles. The van der Waals surface area contributed by atoms with Gasteiger partial charge in [-0.05, 0) is 55.6 Å². The molecule has 3 aliphatic rings. The van der Waals surface area contributed by atoms with Crippen LogP contribution in [0.5, 0.6) is 0 Å². The lowest BCUT2D eigenvalue weighted by Gasteiger charge is -2.44. The lowest BCUT2D eigenvalue weighted by molar-refractivity contribution is -0.124. The molecule has 2 saturated carbocycles. The first-order valence-electron chi connectivity index (χ1n) is 13.2. The summed E-state index contributed by atoms with van der Waals surface area (Å²) in [6.45, 7) is 8.47. The van der Waals surface area contributed by atoms with Gasteiger partial charge in [0.15, 0.2) is 0 Å². The molecule has 2 bridgehead atoms. The lowest BCUT2D eigenvalue weighted by Crippen LogP contribution is -2.57. The number of nitrogens with zero attached hydrogens (tertiary/aromatic N) is 2. The summed E-state index contributed by atoms with van der Waals surface area (Å²) in [5, 5.41) is 3.05. The van der Waals surface area contributed by atoms with Gasteiger partial charge in [0.1, 0.15) is 9.84 Å². The number of piperazine rings is 1. The van der Waals surface area contributed by atoms with Gasteiger partial charge in [-0.3, -0.25) is 4.79 Å². The van der Waals surface area contributed by atoms with E-state index in [-0.39, 0.29) is 29.4 Å². The van der Waals surface area contributed by atoms with E-state index in [4.69, 9.17) is 5.73 Å². The fourth-order valence-electron chi connectivity index (χ4n) is 6.92. The van der Waals surface area contributed by atoms with E-state index in [0.717, 1.165) is 24.8 Å². The second-order valence-corrected chi connectivity index (χ2v) is 16.1. The Bertz CT molecular complexity index is 1230. The highest BCUT2D eigenvalue weighted by molar-refractivity contribution is 7.90. The minimum Gasteiger partial charge on any atom is -0.369 e. The number of fused-ring (bicyclic) bond motifs is 2. The monoisotopic (exact) mass is 554 g/mol. The molecule has 4 atom stereocenters. The molecule has 9 nitrogen and oxygen atoms in total. The number of amides is 1. The third kappa shape index (κ3) is 5.55. The molecule has 1 aromatic carbocycles. The van der Waals surface area contributed by atoms with E-state index < -0.39 is 37.2 Å². The van der Waals surface area contributed by atoms with E-state index in [9.17, 15) is 21.6 Å². The van der Waals surface area contributed by atoms with Crippen LogP contribution in [0.15, 0.2) is 24.3 Å². The predicted octanol–water partition coefficient (Wildman–Crippen LogP) is 1.52. The third-order valence-corrected chi connectivity index (χ3v) is 12.4. The highest BCUT2D eigenvalue weighted by atomic mass is 32.2. The summed E-state index contributed by atoms with van der Waals surface area (Å²) in [6.07, 6.45) is 3.55. The Morgan fingerprint density at radius 3 is 2.38 bits per heavy atom. The number of nitrogens with two attached hydrogens (primary N) is 1. The van der Waals surface area contributed by atoms with Gasteiger partial charge in [-0.15, -0.1) is 0 Å². The maximum atomic E-state index is 13.8. The quantitative estimate of drug-likeness (QED) is 0.473. The molecule has 0 unspecified atom stereocenters. The van der Waals surface area contributed by atoms with Crippen LogP contribution in [0.3, 0.4) is 0 Å². The molecule has 4 rings (SSSR count). The zero-order chi connectivity index (χ0) is 27.2. The van der Waals surface area contributed by atoms with Gasteiger partial charge in [0.05, 0.1) is 17.5 Å². The van der Waals surface area contributed by atoms with Crippen LogP contribution < -0.4 is 16.0 Å². The van der Waals surface area contributed by atoms with E-state index in [2.05, 4.69) is 43.1 Å². The van der Waals surface area contributed by atoms with E-state index >= 15 is 0 Å². The normalized spacial score (nSPS) is 28.8. The third-order valence-electron chi connectivity index (χ3n) is 9.41. The van der Waals surface area contributed by atoms with Gasteiger partial charge in [-0.2, -0.15) is 4.31 Å². The molecule has 1 aliphatic heterocycles. The van der Waals surface area contributed by atoms with Gasteiger partial charge in [0.25, 0.3) is 0 Å². The number of rotatable bonds is 9. The van der Waals surface area contributed by atoms with Crippen LogP contribution in [0.4, 0.5) is 5.69 Å². The molecule has 208 valence electrons. The first-order chi connectivity index (χ1) is 17.2. The molecule has 2 aliphatic carbocycles. The molecular formula is C26H42N4O5S2. The molecule has 1 heterocycles. The van der Waals surface area contributed by atoms with E-state index in [0.29, 0.717) is 38.5 Å². The average Bonchev–Trinajstić information content (AvgIpc) is 3.17. The van der Waals surface area contributed by atoms with Crippen molar-refractivity contribution in [2.24, 2.45) is 22.5 Å². The van der Waals surface area contributed by atoms with Crippen molar-refractivity contribution >= 4 is 31.5 Å². The fourth-order valence-corrected chi connectivity index (χ4v) is 9.87. The number of aryl methyl sites for hydroxylation is 1. The number of carbonyl (C=O) groups is 1. The molecule has 1 saturated heterocycles. The minimum atomic E-state index is -3.57. The van der Waals surface area contributed by atoms with Crippen molar-refractivity contribution < 1.29 is 21.6 Å². The first-order valence-corrected chi connectivity index (χ1v) is 16.9. The highest BCUT2D eigenvalue weighted by Crippen LogP contribution is 2.66. The van der Waals surface area contributed by atoms with Crippen molar-refractivity contribution in [3.63, 3.8) is 0 Å². The van der Waals surface area contributed by atoms with Gasteiger partial charge >= 0.3 is 0 Å². The molecule has 0 radical (unpaired) electrons. The Labute approximate surface area is 222 Å². The summed E-state index contributed by atoms with van der Waals surface area (Å²) in [5.74, 6) is -0.245. The van der Waals surface area contributed by atoms with Crippen molar-refractivity contribution in [3.05, 3.63) is 29.8 Å². The van der Waals surface area contributed by atoms with Crippen LogP contribution in [0.2, 0.25) is 0 Å². The fraction of sp³-hybridized carbons (Fsp3) is 0.731. The summed E-state index contributed by atoms with van der Waals surface area (Å²) in [4.78, 5) is 15.2. The second kappa shape index (κ2) is 10.1. The van der Waals surface area contributed by atoms with E-state index in [1.165, 1.54) is 5.56 Å². The van der Waals surface area contributed by atoms with E-state index in [1.807, 2.05) is 12.1 Å². The van der Waals surface area contributed by atoms with Crippen molar-refractivity contribution in [1.82, 2.24) is 9.62 Å². The number of nitrogens with one attached hydrogen (secondary N) is 1. The average molecular weight is 555 g/mol. The lowest BCUT2D eigenvalue weighted by atomic mass is 9.69. The van der Waals surface area contributed by atoms with Gasteiger partial charge in [-0.1, -0.05) is 32.0 Å². The molecular weight excluding hydrogens is 512 g/mol. The zero-order valence-corrected chi connectivity index (χ0v) is 24.1. The summed E-state index contributed by atoms with van der Waals surface area (Å²) in [7, 11) is -6.80. The molecule has 3 fully saturated rings. The maximum Gasteiger partial charge on any atom is 0.237 e. The maximum absolute atomic E-state index is 13.8. The number of anilines is 1. The number of benzene rings is 1. The Morgan fingerprint density at radius 1 is 1.14 bits per heavy atom. The van der Waals surface area contributed by atoms with Crippen LogP contribution in [0.1, 0.15) is 45.1 Å². The molecule has 37 heavy (non-hydrogen) atoms. The molecule has 3 N–H and O–H groups in total. The van der Waals surface area contributed by atoms with Crippen molar-refractivity contribution in [2.75, 3.05) is 48.8 Å². The van der Waals surface area contributed by atoms with Crippen LogP contribution in [-0.2, 0) is 24.7 Å². The Balaban J connectivity index is 1.46. The van der Waals surface area contributed by atoms with E-state index in [1.54, 1.807) is 4.31 Å². The summed E-state index contributed by atoms with van der Waals surface area (Å²) in [5.41, 5.74) is 7.50. The molecule has 1 amide bonds. The van der Waals surface area contributed by atoms with Gasteiger partial charge in [0, 0.05) is 49.6 Å². The summed E-state index contributed by atoms with van der Waals surface area (Å²) in [6, 6.07) is 6.90. The van der Waals surface area contributed by atoms with Crippen LogP contribution >= 0.6 is 0 Å². The van der Waals surface area contributed by atoms with Crippen molar-refractivity contribution in [3.8, 4) is 0 Å². The Kier molecular flexibility index (Phi) is 7.75. The second-order valence-electron chi connectivity index (χ2n) is 11.9. The summed E-state index contributed by atoms with van der Waals surface area (Å²) < 4.78 is 52.2. The smallest absolute Gasteiger partial charge is 0.237 e. The zero-order valence-electron chi connectivity index (χ0n) is 22.4. The van der Waals surface area contributed by atoms with Crippen LogP contribution in [0, 0.1) is 23.7 Å². The molecule has 1 aromatic rings. The Morgan fingerprint density at radius 2 is 1.78 bits per heavy atom. The first kappa shape index (κ1) is 28.3. The standard InChI is InChI=1S/C26H42N4O5S2/c1-19-7-5-6-8-22(19)29-12-14-30(15-13-29)37(34,35)18-26-11-9-20(25(26,2)3)17-23(26)28-24(31)21(27)10-16-36(4,32)33/h5-8,20-21,23H,9-18,27H2,1-4H3,(H,28,31)/t20-,21+,23-,26-/m1/s1. The topological polar surface area (TPSA) is 130 Å². The predicted molar refractivity (Wildman–Crippen MR) is 147 cm³/mol. The van der Waals surface area contributed by atoms with Crippen LogP contribution in [-0.4, -0.2) is 83.1 Å².